The fourth-order valence-corrected chi connectivity index (χ4v) is 1.62. The third kappa shape index (κ3) is 13.7. The van der Waals surface area contributed by atoms with Gasteiger partial charge in [-0.15, -0.1) is 23.6 Å². The maximum absolute atomic E-state index is 3.26. The van der Waals surface area contributed by atoms with Crippen LogP contribution in [-0.2, 0) is 0 Å². The van der Waals surface area contributed by atoms with E-state index in [-0.39, 0.29) is 0 Å². The largest absolute Gasteiger partial charge is 0.138 e. The molecule has 0 saturated heterocycles. The molecule has 0 rings (SSSR count). The number of thioether (sulfide) groups is 1. The predicted molar refractivity (Wildman–Crippen MR) is 73.0 cm³/mol. The molecule has 0 amide bonds. The van der Waals surface area contributed by atoms with E-state index in [4.69, 9.17) is 0 Å². The summed E-state index contributed by atoms with van der Waals surface area (Å²) in [7, 11) is 0. The summed E-state index contributed by atoms with van der Waals surface area (Å²) in [5, 5.41) is 2.15. The number of unbranched alkanes of at least 4 members (excludes halogenated alkanes) is 6. The molecular formula is C14H24S. The van der Waals surface area contributed by atoms with Crippen molar-refractivity contribution in [3.63, 3.8) is 0 Å². The van der Waals surface area contributed by atoms with Crippen LogP contribution in [-0.4, -0.2) is 6.26 Å². The van der Waals surface area contributed by atoms with Crippen molar-refractivity contribution < 1.29 is 0 Å². The van der Waals surface area contributed by atoms with Gasteiger partial charge in [-0.25, -0.2) is 0 Å². The Morgan fingerprint density at radius 2 is 1.73 bits per heavy atom. The molecule has 86 valence electrons. The number of hydrogen-bond donors (Lipinski definition) is 0. The molecule has 0 N–H and O–H groups in total. The summed E-state index contributed by atoms with van der Waals surface area (Å²) in [4.78, 5) is 0. The quantitative estimate of drug-likeness (QED) is 0.412. The monoisotopic (exact) mass is 224 g/mol. The Bertz CT molecular complexity index is 195. The molecule has 0 atom stereocenters. The van der Waals surface area contributed by atoms with Gasteiger partial charge in [-0.05, 0) is 30.9 Å². The highest BCUT2D eigenvalue weighted by Gasteiger charge is 1.84. The van der Waals surface area contributed by atoms with Gasteiger partial charge in [0.25, 0.3) is 0 Å². The van der Waals surface area contributed by atoms with Crippen molar-refractivity contribution in [1.29, 1.82) is 0 Å². The first-order chi connectivity index (χ1) is 7.41. The molecule has 1 heteroatoms. The van der Waals surface area contributed by atoms with E-state index in [0.717, 1.165) is 12.8 Å². The zero-order chi connectivity index (χ0) is 11.2. The van der Waals surface area contributed by atoms with E-state index in [2.05, 4.69) is 36.5 Å². The zero-order valence-electron chi connectivity index (χ0n) is 10.2. The van der Waals surface area contributed by atoms with Crippen LogP contribution < -0.4 is 0 Å². The van der Waals surface area contributed by atoms with Gasteiger partial charge in [-0.2, -0.15) is 0 Å². The van der Waals surface area contributed by atoms with Crippen LogP contribution in [0, 0.1) is 11.8 Å². The van der Waals surface area contributed by atoms with E-state index in [1.807, 2.05) is 0 Å². The van der Waals surface area contributed by atoms with Crippen LogP contribution in [0.2, 0.25) is 0 Å². The summed E-state index contributed by atoms with van der Waals surface area (Å²) in [6.07, 6.45) is 14.2. The summed E-state index contributed by atoms with van der Waals surface area (Å²) >= 11 is 1.76. The van der Waals surface area contributed by atoms with E-state index in [9.17, 15) is 0 Å². The fourth-order valence-electron chi connectivity index (χ4n) is 1.29. The van der Waals surface area contributed by atoms with Gasteiger partial charge in [0.1, 0.15) is 0 Å². The molecule has 0 heterocycles. The third-order valence-electron chi connectivity index (χ3n) is 2.19. The lowest BCUT2D eigenvalue weighted by molar-refractivity contribution is 0.679. The van der Waals surface area contributed by atoms with E-state index >= 15 is 0 Å². The van der Waals surface area contributed by atoms with Crippen molar-refractivity contribution in [2.75, 3.05) is 6.26 Å². The standard InChI is InChI=1S/C14H24S/c1-3-4-5-6-7-8-9-10-11-12-13-14-15-2/h13-14H,3-7,10-12H2,1-2H3. The first-order valence-corrected chi connectivity index (χ1v) is 7.34. The minimum absolute atomic E-state index is 1.06. The molecule has 0 spiro atoms. The second-order valence-corrected chi connectivity index (χ2v) is 4.41. The van der Waals surface area contributed by atoms with Crippen LogP contribution in [0.3, 0.4) is 0 Å². The van der Waals surface area contributed by atoms with Gasteiger partial charge < -0.3 is 0 Å². The third-order valence-corrected chi connectivity index (χ3v) is 2.65. The average Bonchev–Trinajstić information content (AvgIpc) is 2.26. The maximum atomic E-state index is 3.26. The van der Waals surface area contributed by atoms with Crippen LogP contribution in [0.5, 0.6) is 0 Å². The van der Waals surface area contributed by atoms with E-state index in [1.165, 1.54) is 38.5 Å². The predicted octanol–water partition coefficient (Wildman–Crippen LogP) is 5.01. The normalized spacial score (nSPS) is 10.3. The summed E-state index contributed by atoms with van der Waals surface area (Å²) in [5.74, 6) is 6.50. The first-order valence-electron chi connectivity index (χ1n) is 6.05. The number of hydrogen-bond acceptors (Lipinski definition) is 1. The van der Waals surface area contributed by atoms with Crippen molar-refractivity contribution in [2.24, 2.45) is 0 Å². The molecule has 0 nitrogen and oxygen atoms in total. The van der Waals surface area contributed by atoms with Crippen LogP contribution in [0.15, 0.2) is 11.5 Å². The van der Waals surface area contributed by atoms with Gasteiger partial charge >= 0.3 is 0 Å². The van der Waals surface area contributed by atoms with Crippen molar-refractivity contribution >= 4 is 11.8 Å². The van der Waals surface area contributed by atoms with Crippen molar-refractivity contribution in [3.8, 4) is 11.8 Å². The van der Waals surface area contributed by atoms with Gasteiger partial charge in [0.05, 0.1) is 0 Å². The lowest BCUT2D eigenvalue weighted by Gasteiger charge is -1.92. The molecule has 0 aliphatic heterocycles. The van der Waals surface area contributed by atoms with Gasteiger partial charge in [-0.1, -0.05) is 32.3 Å². The first kappa shape index (κ1) is 14.6. The molecule has 0 aliphatic carbocycles. The average molecular weight is 224 g/mol. The Kier molecular flexibility index (Phi) is 13.3. The van der Waals surface area contributed by atoms with Crippen LogP contribution in [0.4, 0.5) is 0 Å². The minimum atomic E-state index is 1.06. The molecule has 0 aromatic carbocycles. The highest BCUT2D eigenvalue weighted by molar-refractivity contribution is 8.01. The smallest absolute Gasteiger partial charge is 0.00916 e. The Morgan fingerprint density at radius 3 is 2.40 bits per heavy atom. The lowest BCUT2D eigenvalue weighted by Crippen LogP contribution is -1.74. The number of rotatable bonds is 8. The number of allylic oxidation sites excluding steroid dienone is 1. The Labute approximate surface area is 99.9 Å². The van der Waals surface area contributed by atoms with E-state index in [0.29, 0.717) is 0 Å². The van der Waals surface area contributed by atoms with Crippen molar-refractivity contribution in [2.45, 2.75) is 58.3 Å². The van der Waals surface area contributed by atoms with Crippen molar-refractivity contribution in [1.82, 2.24) is 0 Å². The van der Waals surface area contributed by atoms with E-state index in [1.54, 1.807) is 11.8 Å². The Morgan fingerprint density at radius 1 is 1.00 bits per heavy atom. The summed E-state index contributed by atoms with van der Waals surface area (Å²) < 4.78 is 0. The molecule has 0 unspecified atom stereocenters. The second-order valence-electron chi connectivity index (χ2n) is 3.66. The highest BCUT2D eigenvalue weighted by Crippen LogP contribution is 2.02. The van der Waals surface area contributed by atoms with Crippen LogP contribution in [0.1, 0.15) is 58.3 Å². The van der Waals surface area contributed by atoms with Crippen molar-refractivity contribution in [3.05, 3.63) is 11.5 Å². The SMILES string of the molecule is CCCCCCC#CCCCC=CSC. The molecule has 0 aromatic heterocycles. The topological polar surface area (TPSA) is 0 Å². The van der Waals surface area contributed by atoms with Gasteiger partial charge in [-0.3, -0.25) is 0 Å². The maximum Gasteiger partial charge on any atom is 0.00916 e. The highest BCUT2D eigenvalue weighted by atomic mass is 32.2. The molecule has 0 fully saturated rings. The molecule has 0 radical (unpaired) electrons. The Hall–Kier alpha value is -0.350. The van der Waals surface area contributed by atoms with Gasteiger partial charge in [0.2, 0.25) is 0 Å². The zero-order valence-corrected chi connectivity index (χ0v) is 11.0. The molecule has 0 saturated carbocycles. The van der Waals surface area contributed by atoms with Gasteiger partial charge in [0.15, 0.2) is 0 Å². The summed E-state index contributed by atoms with van der Waals surface area (Å²) in [6.45, 7) is 2.24. The summed E-state index contributed by atoms with van der Waals surface area (Å²) in [5.41, 5.74) is 0. The fraction of sp³-hybridized carbons (Fsp3) is 0.714. The molecular weight excluding hydrogens is 200 g/mol. The second kappa shape index (κ2) is 13.7. The van der Waals surface area contributed by atoms with E-state index < -0.39 is 0 Å². The Balaban J connectivity index is 3.13. The molecule has 0 aliphatic rings. The molecule has 0 bridgehead atoms. The van der Waals surface area contributed by atoms with Gasteiger partial charge in [0, 0.05) is 12.8 Å². The minimum Gasteiger partial charge on any atom is -0.138 e. The van der Waals surface area contributed by atoms with Crippen LogP contribution in [0.25, 0.3) is 0 Å². The molecule has 15 heavy (non-hydrogen) atoms. The lowest BCUT2D eigenvalue weighted by atomic mass is 10.1. The van der Waals surface area contributed by atoms with Crippen LogP contribution >= 0.6 is 11.8 Å². The molecule has 0 aromatic rings. The summed E-state index contributed by atoms with van der Waals surface area (Å²) in [6, 6.07) is 0.